The SMILES string of the molecule is CCn1ccc(CNC(=O)c2ccc(-c3ccccc3)cc2)n1. The van der Waals surface area contributed by atoms with E-state index in [1.54, 1.807) is 0 Å². The third kappa shape index (κ3) is 3.66. The Morgan fingerprint density at radius 3 is 2.35 bits per heavy atom. The van der Waals surface area contributed by atoms with Gasteiger partial charge in [-0.25, -0.2) is 0 Å². The lowest BCUT2D eigenvalue weighted by Crippen LogP contribution is -2.23. The normalized spacial score (nSPS) is 10.5. The molecule has 0 saturated heterocycles. The quantitative estimate of drug-likeness (QED) is 0.784. The number of aromatic nitrogens is 2. The van der Waals surface area contributed by atoms with E-state index in [0.717, 1.165) is 23.4 Å². The number of aryl methyl sites for hydroxylation is 1. The maximum absolute atomic E-state index is 12.2. The molecule has 0 fully saturated rings. The maximum atomic E-state index is 12.2. The zero-order valence-electron chi connectivity index (χ0n) is 13.1. The topological polar surface area (TPSA) is 46.9 Å². The van der Waals surface area contributed by atoms with Crippen LogP contribution in [0.5, 0.6) is 0 Å². The highest BCUT2D eigenvalue weighted by Gasteiger charge is 2.07. The molecule has 0 radical (unpaired) electrons. The van der Waals surface area contributed by atoms with Gasteiger partial charge in [-0.05, 0) is 36.2 Å². The predicted molar refractivity (Wildman–Crippen MR) is 90.9 cm³/mol. The monoisotopic (exact) mass is 305 g/mol. The minimum absolute atomic E-state index is 0.0874. The summed E-state index contributed by atoms with van der Waals surface area (Å²) in [6.07, 6.45) is 1.91. The van der Waals surface area contributed by atoms with Crippen LogP contribution in [-0.2, 0) is 13.1 Å². The van der Waals surface area contributed by atoms with Crippen molar-refractivity contribution in [3.05, 3.63) is 78.1 Å². The Balaban J connectivity index is 1.63. The van der Waals surface area contributed by atoms with E-state index in [9.17, 15) is 4.79 Å². The largest absolute Gasteiger partial charge is 0.346 e. The van der Waals surface area contributed by atoms with Gasteiger partial charge in [0.25, 0.3) is 5.91 Å². The van der Waals surface area contributed by atoms with Crippen molar-refractivity contribution in [1.82, 2.24) is 15.1 Å². The standard InChI is InChI=1S/C19H19N3O/c1-2-22-13-12-18(21-22)14-20-19(23)17-10-8-16(9-11-17)15-6-4-3-5-7-15/h3-13H,2,14H2,1H3,(H,20,23). The molecule has 0 unspecified atom stereocenters. The van der Waals surface area contributed by atoms with Gasteiger partial charge in [-0.3, -0.25) is 9.48 Å². The fourth-order valence-electron chi connectivity index (χ4n) is 2.39. The number of benzene rings is 2. The number of carbonyl (C=O) groups excluding carboxylic acids is 1. The Morgan fingerprint density at radius 2 is 1.70 bits per heavy atom. The minimum Gasteiger partial charge on any atom is -0.346 e. The molecule has 23 heavy (non-hydrogen) atoms. The first kappa shape index (κ1) is 15.0. The highest BCUT2D eigenvalue weighted by atomic mass is 16.1. The first-order chi connectivity index (χ1) is 11.3. The van der Waals surface area contributed by atoms with Crippen LogP contribution in [0.3, 0.4) is 0 Å². The van der Waals surface area contributed by atoms with Crippen LogP contribution in [0.25, 0.3) is 11.1 Å². The van der Waals surface area contributed by atoms with Crippen LogP contribution in [0.4, 0.5) is 0 Å². The van der Waals surface area contributed by atoms with Crippen molar-refractivity contribution < 1.29 is 4.79 Å². The number of rotatable bonds is 5. The Bertz CT molecular complexity index is 776. The summed E-state index contributed by atoms with van der Waals surface area (Å²) in [5.41, 5.74) is 3.76. The van der Waals surface area contributed by atoms with Crippen molar-refractivity contribution in [2.75, 3.05) is 0 Å². The molecule has 3 rings (SSSR count). The molecule has 0 spiro atoms. The average molecular weight is 305 g/mol. The molecule has 0 aliphatic carbocycles. The lowest BCUT2D eigenvalue weighted by atomic mass is 10.0. The van der Waals surface area contributed by atoms with Crippen LogP contribution in [0, 0.1) is 0 Å². The van der Waals surface area contributed by atoms with Gasteiger partial charge in [-0.2, -0.15) is 5.10 Å². The summed E-state index contributed by atoms with van der Waals surface area (Å²) < 4.78 is 1.84. The van der Waals surface area contributed by atoms with E-state index in [2.05, 4.69) is 22.5 Å². The summed E-state index contributed by atoms with van der Waals surface area (Å²) >= 11 is 0. The van der Waals surface area contributed by atoms with Gasteiger partial charge in [0.1, 0.15) is 0 Å². The molecule has 116 valence electrons. The van der Waals surface area contributed by atoms with Gasteiger partial charge in [-0.15, -0.1) is 0 Å². The summed E-state index contributed by atoms with van der Waals surface area (Å²) in [6, 6.07) is 19.7. The van der Waals surface area contributed by atoms with Crippen molar-refractivity contribution >= 4 is 5.91 Å². The number of hydrogen-bond acceptors (Lipinski definition) is 2. The van der Waals surface area contributed by atoms with E-state index < -0.39 is 0 Å². The number of nitrogens with one attached hydrogen (secondary N) is 1. The smallest absolute Gasteiger partial charge is 0.251 e. The van der Waals surface area contributed by atoms with Crippen molar-refractivity contribution in [2.45, 2.75) is 20.0 Å². The Morgan fingerprint density at radius 1 is 1.00 bits per heavy atom. The second-order valence-corrected chi connectivity index (χ2v) is 5.29. The van der Waals surface area contributed by atoms with Crippen LogP contribution < -0.4 is 5.32 Å². The molecule has 0 atom stereocenters. The van der Waals surface area contributed by atoms with Gasteiger partial charge < -0.3 is 5.32 Å². The van der Waals surface area contributed by atoms with Crippen LogP contribution >= 0.6 is 0 Å². The predicted octanol–water partition coefficient (Wildman–Crippen LogP) is 3.50. The van der Waals surface area contributed by atoms with Gasteiger partial charge in [0.05, 0.1) is 12.2 Å². The molecule has 1 aromatic heterocycles. The molecule has 0 saturated carbocycles. The summed E-state index contributed by atoms with van der Waals surface area (Å²) in [5.74, 6) is -0.0874. The van der Waals surface area contributed by atoms with E-state index in [4.69, 9.17) is 0 Å². The second-order valence-electron chi connectivity index (χ2n) is 5.29. The third-order valence-corrected chi connectivity index (χ3v) is 3.70. The van der Waals surface area contributed by atoms with Gasteiger partial charge >= 0.3 is 0 Å². The van der Waals surface area contributed by atoms with Gasteiger partial charge in [-0.1, -0.05) is 42.5 Å². The minimum atomic E-state index is -0.0874. The zero-order chi connectivity index (χ0) is 16.1. The fraction of sp³-hybridized carbons (Fsp3) is 0.158. The second kappa shape index (κ2) is 6.92. The van der Waals surface area contributed by atoms with Crippen molar-refractivity contribution in [1.29, 1.82) is 0 Å². The Hall–Kier alpha value is -2.88. The molecule has 1 N–H and O–H groups in total. The molecule has 4 heteroatoms. The third-order valence-electron chi connectivity index (χ3n) is 3.70. The maximum Gasteiger partial charge on any atom is 0.251 e. The van der Waals surface area contributed by atoms with Crippen LogP contribution in [0.2, 0.25) is 0 Å². The van der Waals surface area contributed by atoms with Crippen LogP contribution in [0.1, 0.15) is 23.0 Å². The van der Waals surface area contributed by atoms with Gasteiger partial charge in [0, 0.05) is 18.3 Å². The molecule has 0 bridgehead atoms. The van der Waals surface area contributed by atoms with E-state index >= 15 is 0 Å². The highest BCUT2D eigenvalue weighted by Crippen LogP contribution is 2.19. The van der Waals surface area contributed by atoms with E-state index in [-0.39, 0.29) is 5.91 Å². The number of carbonyl (C=O) groups is 1. The van der Waals surface area contributed by atoms with Gasteiger partial charge in [0.15, 0.2) is 0 Å². The van der Waals surface area contributed by atoms with E-state index in [1.807, 2.05) is 66.3 Å². The summed E-state index contributed by atoms with van der Waals surface area (Å²) in [4.78, 5) is 12.2. The van der Waals surface area contributed by atoms with Gasteiger partial charge in [0.2, 0.25) is 0 Å². The van der Waals surface area contributed by atoms with Crippen molar-refractivity contribution in [2.24, 2.45) is 0 Å². The lowest BCUT2D eigenvalue weighted by molar-refractivity contribution is 0.0950. The fourth-order valence-corrected chi connectivity index (χ4v) is 2.39. The van der Waals surface area contributed by atoms with Crippen LogP contribution in [0.15, 0.2) is 66.9 Å². The molecule has 2 aromatic carbocycles. The number of nitrogens with zero attached hydrogens (tertiary/aromatic N) is 2. The highest BCUT2D eigenvalue weighted by molar-refractivity contribution is 5.94. The van der Waals surface area contributed by atoms with E-state index in [0.29, 0.717) is 12.1 Å². The molecule has 3 aromatic rings. The molecule has 4 nitrogen and oxygen atoms in total. The van der Waals surface area contributed by atoms with Crippen molar-refractivity contribution in [3.8, 4) is 11.1 Å². The summed E-state index contributed by atoms with van der Waals surface area (Å²) in [5, 5.41) is 7.25. The molecule has 0 aliphatic rings. The first-order valence-corrected chi connectivity index (χ1v) is 7.72. The summed E-state index contributed by atoms with van der Waals surface area (Å²) in [7, 11) is 0. The zero-order valence-corrected chi connectivity index (χ0v) is 13.1. The number of amides is 1. The Kier molecular flexibility index (Phi) is 4.52. The molecule has 1 amide bonds. The number of hydrogen-bond donors (Lipinski definition) is 1. The molecule has 1 heterocycles. The van der Waals surface area contributed by atoms with Crippen molar-refractivity contribution in [3.63, 3.8) is 0 Å². The molecule has 0 aliphatic heterocycles. The Labute approximate surface area is 135 Å². The summed E-state index contributed by atoms with van der Waals surface area (Å²) in [6.45, 7) is 3.30. The molecular weight excluding hydrogens is 286 g/mol. The average Bonchev–Trinajstić information content (AvgIpc) is 3.09. The molecular formula is C19H19N3O. The van der Waals surface area contributed by atoms with Crippen LogP contribution in [-0.4, -0.2) is 15.7 Å². The lowest BCUT2D eigenvalue weighted by Gasteiger charge is -2.05. The van der Waals surface area contributed by atoms with E-state index in [1.165, 1.54) is 0 Å². The first-order valence-electron chi connectivity index (χ1n) is 7.72.